The molecular formula is C27H26N2O4S. The molecule has 0 fully saturated rings. The molecule has 4 aromatic carbocycles. The Hall–Kier alpha value is -3.84. The number of hydrogen-bond donors (Lipinski definition) is 2. The molecule has 0 spiro atoms. The van der Waals surface area contributed by atoms with Gasteiger partial charge in [0.1, 0.15) is 12.4 Å². The molecule has 0 unspecified atom stereocenters. The molecule has 0 aromatic heterocycles. The van der Waals surface area contributed by atoms with Gasteiger partial charge in [-0.2, -0.15) is 0 Å². The van der Waals surface area contributed by atoms with Crippen LogP contribution in [0.2, 0.25) is 0 Å². The summed E-state index contributed by atoms with van der Waals surface area (Å²) in [4.78, 5) is 12.8. The van der Waals surface area contributed by atoms with Crippen molar-refractivity contribution in [1.29, 1.82) is 0 Å². The highest BCUT2D eigenvalue weighted by molar-refractivity contribution is 7.92. The van der Waals surface area contributed by atoms with Gasteiger partial charge in [0.25, 0.3) is 15.9 Å². The molecule has 4 aromatic rings. The van der Waals surface area contributed by atoms with Crippen LogP contribution < -0.4 is 14.8 Å². The second kappa shape index (κ2) is 9.97. The normalized spacial score (nSPS) is 11.2. The number of nitrogens with one attached hydrogen (secondary N) is 2. The van der Waals surface area contributed by atoms with Crippen molar-refractivity contribution in [3.05, 3.63) is 102 Å². The Kier molecular flexibility index (Phi) is 6.84. The smallest absolute Gasteiger partial charge is 0.261 e. The maximum atomic E-state index is 12.8. The van der Waals surface area contributed by atoms with Crippen LogP contribution in [0, 0.1) is 13.8 Å². The maximum Gasteiger partial charge on any atom is 0.261 e. The third kappa shape index (κ3) is 5.38. The number of sulfonamides is 1. The van der Waals surface area contributed by atoms with E-state index in [2.05, 4.69) is 10.0 Å². The minimum atomic E-state index is -3.77. The lowest BCUT2D eigenvalue weighted by atomic mass is 10.1. The molecule has 7 heteroatoms. The Morgan fingerprint density at radius 2 is 1.62 bits per heavy atom. The van der Waals surface area contributed by atoms with Gasteiger partial charge in [0, 0.05) is 10.9 Å². The van der Waals surface area contributed by atoms with Crippen LogP contribution in [-0.4, -0.2) is 27.5 Å². The topological polar surface area (TPSA) is 84.5 Å². The molecule has 1 amide bonds. The maximum absolute atomic E-state index is 12.8. The Bertz CT molecular complexity index is 1430. The number of carbonyl (C=O) groups is 1. The highest BCUT2D eigenvalue weighted by atomic mass is 32.2. The highest BCUT2D eigenvalue weighted by Gasteiger charge is 2.16. The summed E-state index contributed by atoms with van der Waals surface area (Å²) in [5.41, 5.74) is 2.40. The first-order valence-corrected chi connectivity index (χ1v) is 12.4. The van der Waals surface area contributed by atoms with E-state index in [1.54, 1.807) is 49.4 Å². The number of fused-ring (bicyclic) bond motifs is 1. The number of hydrogen-bond acceptors (Lipinski definition) is 4. The van der Waals surface area contributed by atoms with Crippen molar-refractivity contribution < 1.29 is 17.9 Å². The minimum absolute atomic E-state index is 0.165. The van der Waals surface area contributed by atoms with Crippen LogP contribution in [0.5, 0.6) is 5.75 Å². The van der Waals surface area contributed by atoms with Crippen molar-refractivity contribution in [3.63, 3.8) is 0 Å². The summed E-state index contributed by atoms with van der Waals surface area (Å²) in [6.45, 7) is 4.29. The van der Waals surface area contributed by atoms with Gasteiger partial charge < -0.3 is 10.1 Å². The summed E-state index contributed by atoms with van der Waals surface area (Å²) in [5.74, 6) is 0.452. The third-order valence-corrected chi connectivity index (χ3v) is 6.85. The van der Waals surface area contributed by atoms with E-state index in [4.69, 9.17) is 4.74 Å². The van der Waals surface area contributed by atoms with Gasteiger partial charge in [0.15, 0.2) is 0 Å². The van der Waals surface area contributed by atoms with Gasteiger partial charge in [0.2, 0.25) is 0 Å². The molecule has 0 bridgehead atoms. The van der Waals surface area contributed by atoms with E-state index in [9.17, 15) is 13.2 Å². The van der Waals surface area contributed by atoms with Crippen molar-refractivity contribution in [2.45, 2.75) is 18.7 Å². The Morgan fingerprint density at radius 1 is 0.882 bits per heavy atom. The number of anilines is 1. The van der Waals surface area contributed by atoms with E-state index in [1.807, 2.05) is 49.4 Å². The van der Waals surface area contributed by atoms with Gasteiger partial charge in [-0.05, 0) is 55.1 Å². The van der Waals surface area contributed by atoms with Crippen LogP contribution in [0.25, 0.3) is 10.8 Å². The summed E-state index contributed by atoms with van der Waals surface area (Å²) in [6, 6.07) is 25.3. The Morgan fingerprint density at radius 3 is 2.41 bits per heavy atom. The number of amides is 1. The summed E-state index contributed by atoms with van der Waals surface area (Å²) in [7, 11) is -3.77. The fraction of sp³-hybridized carbons (Fsp3) is 0.148. The second-order valence-corrected chi connectivity index (χ2v) is 9.71. The van der Waals surface area contributed by atoms with Crippen LogP contribution in [0.1, 0.15) is 21.5 Å². The van der Waals surface area contributed by atoms with Gasteiger partial charge in [0.05, 0.1) is 17.1 Å². The van der Waals surface area contributed by atoms with Gasteiger partial charge in [-0.25, -0.2) is 8.42 Å². The fourth-order valence-electron chi connectivity index (χ4n) is 3.54. The van der Waals surface area contributed by atoms with Crippen molar-refractivity contribution >= 4 is 32.4 Å². The van der Waals surface area contributed by atoms with Crippen molar-refractivity contribution in [2.24, 2.45) is 0 Å². The molecule has 0 heterocycles. The van der Waals surface area contributed by atoms with Crippen molar-refractivity contribution in [1.82, 2.24) is 5.32 Å². The SMILES string of the molecule is Cc1ccc(S(=O)(=O)Nc2cc(C(=O)NCCOc3cccc4ccccc34)ccc2C)cc1. The molecule has 0 aliphatic rings. The van der Waals surface area contributed by atoms with E-state index in [0.717, 1.165) is 22.1 Å². The summed E-state index contributed by atoms with van der Waals surface area (Å²) >= 11 is 0. The van der Waals surface area contributed by atoms with E-state index in [1.165, 1.54) is 0 Å². The number of carbonyl (C=O) groups excluding carboxylic acids is 1. The predicted octanol–water partition coefficient (Wildman–Crippen LogP) is 5.07. The molecule has 0 saturated heterocycles. The standard InChI is InChI=1S/C27H26N2O4S/c1-19-10-14-23(15-11-19)34(31,32)29-25-18-22(13-12-20(25)2)27(30)28-16-17-33-26-9-5-7-21-6-3-4-8-24(21)26/h3-15,18,29H,16-17H2,1-2H3,(H,28,30). The lowest BCUT2D eigenvalue weighted by Crippen LogP contribution is -2.28. The zero-order valence-electron chi connectivity index (χ0n) is 19.0. The van der Waals surface area contributed by atoms with Crippen LogP contribution in [0.3, 0.4) is 0 Å². The summed E-state index contributed by atoms with van der Waals surface area (Å²) in [6.07, 6.45) is 0. The molecule has 34 heavy (non-hydrogen) atoms. The molecule has 0 aliphatic heterocycles. The van der Waals surface area contributed by atoms with Crippen LogP contribution in [0.15, 0.2) is 89.8 Å². The molecule has 4 rings (SSSR count). The molecule has 0 atom stereocenters. The molecular weight excluding hydrogens is 448 g/mol. The lowest BCUT2D eigenvalue weighted by molar-refractivity contribution is 0.0947. The van der Waals surface area contributed by atoms with E-state index < -0.39 is 10.0 Å². The Balaban J connectivity index is 1.39. The third-order valence-electron chi connectivity index (χ3n) is 5.47. The quantitative estimate of drug-likeness (QED) is 0.349. The molecule has 2 N–H and O–H groups in total. The predicted molar refractivity (Wildman–Crippen MR) is 135 cm³/mol. The lowest BCUT2D eigenvalue weighted by Gasteiger charge is -2.13. The van der Waals surface area contributed by atoms with Crippen LogP contribution in [-0.2, 0) is 10.0 Å². The first-order valence-electron chi connectivity index (χ1n) is 10.9. The van der Waals surface area contributed by atoms with E-state index >= 15 is 0 Å². The van der Waals surface area contributed by atoms with Crippen LogP contribution in [0.4, 0.5) is 5.69 Å². The first-order chi connectivity index (χ1) is 16.3. The summed E-state index contributed by atoms with van der Waals surface area (Å²) in [5, 5.41) is 4.93. The molecule has 6 nitrogen and oxygen atoms in total. The Labute approximate surface area is 199 Å². The monoisotopic (exact) mass is 474 g/mol. The number of ether oxygens (including phenoxy) is 1. The van der Waals surface area contributed by atoms with Crippen LogP contribution >= 0.6 is 0 Å². The average Bonchev–Trinajstić information content (AvgIpc) is 2.83. The van der Waals surface area contributed by atoms with Gasteiger partial charge in [-0.15, -0.1) is 0 Å². The average molecular weight is 475 g/mol. The molecule has 0 aliphatic carbocycles. The minimum Gasteiger partial charge on any atom is -0.491 e. The largest absolute Gasteiger partial charge is 0.491 e. The zero-order chi connectivity index (χ0) is 24.1. The molecule has 0 saturated carbocycles. The van der Waals surface area contributed by atoms with Crippen molar-refractivity contribution in [2.75, 3.05) is 17.9 Å². The second-order valence-electron chi connectivity index (χ2n) is 8.03. The van der Waals surface area contributed by atoms with E-state index in [-0.39, 0.29) is 10.8 Å². The first kappa shape index (κ1) is 23.3. The van der Waals surface area contributed by atoms with E-state index in [0.29, 0.717) is 30.0 Å². The highest BCUT2D eigenvalue weighted by Crippen LogP contribution is 2.25. The number of benzene rings is 4. The van der Waals surface area contributed by atoms with Gasteiger partial charge in [-0.1, -0.05) is 60.2 Å². The van der Waals surface area contributed by atoms with Gasteiger partial charge >= 0.3 is 0 Å². The number of aryl methyl sites for hydroxylation is 2. The molecule has 0 radical (unpaired) electrons. The molecule has 174 valence electrons. The fourth-order valence-corrected chi connectivity index (χ4v) is 4.67. The number of rotatable bonds is 8. The zero-order valence-corrected chi connectivity index (χ0v) is 19.9. The van der Waals surface area contributed by atoms with Crippen molar-refractivity contribution in [3.8, 4) is 5.75 Å². The van der Waals surface area contributed by atoms with Gasteiger partial charge in [-0.3, -0.25) is 9.52 Å². The summed E-state index contributed by atoms with van der Waals surface area (Å²) < 4.78 is 34.0.